The van der Waals surface area contributed by atoms with E-state index in [-0.39, 0.29) is 5.91 Å². The summed E-state index contributed by atoms with van der Waals surface area (Å²) in [7, 11) is 6.56. The molecule has 1 saturated carbocycles. The highest BCUT2D eigenvalue weighted by Gasteiger charge is 2.24. The molecule has 0 unspecified atom stereocenters. The van der Waals surface area contributed by atoms with Crippen molar-refractivity contribution in [2.24, 2.45) is 0 Å². The van der Waals surface area contributed by atoms with Crippen molar-refractivity contribution in [3.63, 3.8) is 0 Å². The Morgan fingerprint density at radius 2 is 1.48 bits per heavy atom. The predicted octanol–water partition coefficient (Wildman–Crippen LogP) is 3.51. The summed E-state index contributed by atoms with van der Waals surface area (Å²) in [6.07, 6.45) is 7.07. The zero-order valence-corrected chi connectivity index (χ0v) is 14.6. The van der Waals surface area contributed by atoms with E-state index in [9.17, 15) is 4.79 Å². The smallest absolute Gasteiger partial charge is 0.254 e. The minimum atomic E-state index is -0.00356. The molecule has 0 aliphatic heterocycles. The first-order valence-electron chi connectivity index (χ1n) is 8.19. The quantitative estimate of drug-likeness (QED) is 0.779. The average molecular weight is 321 g/mol. The van der Waals surface area contributed by atoms with E-state index in [0.717, 1.165) is 12.8 Å². The minimum absolute atomic E-state index is 0.00356. The number of carbonyl (C=O) groups is 1. The van der Waals surface area contributed by atoms with Crippen molar-refractivity contribution in [3.05, 3.63) is 17.7 Å². The fourth-order valence-corrected chi connectivity index (χ4v) is 3.22. The van der Waals surface area contributed by atoms with Crippen LogP contribution in [0.25, 0.3) is 0 Å². The summed E-state index contributed by atoms with van der Waals surface area (Å²) in [5.41, 5.74) is 0.561. The molecule has 5 heteroatoms. The number of carbonyl (C=O) groups excluding carboxylic acids is 1. The number of benzene rings is 1. The molecule has 1 aliphatic rings. The molecule has 1 aromatic carbocycles. The fraction of sp³-hybridized carbons (Fsp3) is 0.611. The number of hydrogen-bond donors (Lipinski definition) is 0. The Labute approximate surface area is 138 Å². The van der Waals surface area contributed by atoms with Crippen LogP contribution in [0.3, 0.4) is 0 Å². The van der Waals surface area contributed by atoms with E-state index in [4.69, 9.17) is 14.2 Å². The van der Waals surface area contributed by atoms with Crippen LogP contribution >= 0.6 is 0 Å². The summed E-state index contributed by atoms with van der Waals surface area (Å²) in [5.74, 6) is 1.51. The van der Waals surface area contributed by atoms with Crippen LogP contribution in [0.5, 0.6) is 17.2 Å². The topological polar surface area (TPSA) is 48.0 Å². The number of hydrogen-bond acceptors (Lipinski definition) is 4. The highest BCUT2D eigenvalue weighted by Crippen LogP contribution is 2.38. The highest BCUT2D eigenvalue weighted by molar-refractivity contribution is 5.95. The highest BCUT2D eigenvalue weighted by atomic mass is 16.5. The monoisotopic (exact) mass is 321 g/mol. The van der Waals surface area contributed by atoms with Gasteiger partial charge in [0, 0.05) is 18.7 Å². The second-order valence-corrected chi connectivity index (χ2v) is 5.98. The van der Waals surface area contributed by atoms with Crippen molar-refractivity contribution in [1.29, 1.82) is 0 Å². The maximum absolute atomic E-state index is 12.9. The van der Waals surface area contributed by atoms with Crippen molar-refractivity contribution in [2.45, 2.75) is 44.6 Å². The van der Waals surface area contributed by atoms with Gasteiger partial charge in [-0.2, -0.15) is 0 Å². The third-order valence-corrected chi connectivity index (χ3v) is 4.60. The molecule has 0 bridgehead atoms. The number of nitrogens with zero attached hydrogens (tertiary/aromatic N) is 1. The van der Waals surface area contributed by atoms with E-state index in [1.807, 2.05) is 11.9 Å². The van der Waals surface area contributed by atoms with Gasteiger partial charge in [-0.25, -0.2) is 0 Å². The summed E-state index contributed by atoms with van der Waals surface area (Å²) < 4.78 is 16.0. The minimum Gasteiger partial charge on any atom is -0.493 e. The van der Waals surface area contributed by atoms with Crippen LogP contribution in [0.15, 0.2) is 12.1 Å². The van der Waals surface area contributed by atoms with Crippen LogP contribution in [0, 0.1) is 0 Å². The van der Waals surface area contributed by atoms with Crippen molar-refractivity contribution < 1.29 is 19.0 Å². The lowest BCUT2D eigenvalue weighted by molar-refractivity contribution is 0.0717. The Balaban J connectivity index is 2.27. The van der Waals surface area contributed by atoms with Gasteiger partial charge in [0.2, 0.25) is 5.75 Å². The molecule has 0 aromatic heterocycles. The van der Waals surface area contributed by atoms with Crippen molar-refractivity contribution in [3.8, 4) is 17.2 Å². The van der Waals surface area contributed by atoms with Gasteiger partial charge in [-0.1, -0.05) is 25.7 Å². The third-order valence-electron chi connectivity index (χ3n) is 4.60. The van der Waals surface area contributed by atoms with Crippen molar-refractivity contribution in [2.75, 3.05) is 28.4 Å². The molecule has 0 spiro atoms. The maximum atomic E-state index is 12.9. The molecule has 2 rings (SSSR count). The largest absolute Gasteiger partial charge is 0.493 e. The lowest BCUT2D eigenvalue weighted by Gasteiger charge is -2.27. The molecule has 23 heavy (non-hydrogen) atoms. The SMILES string of the molecule is COc1cc(C(=O)N(C)C2CCCCCC2)cc(OC)c1OC. The number of ether oxygens (including phenoxy) is 3. The van der Waals surface area contributed by atoms with Crippen LogP contribution in [-0.4, -0.2) is 45.2 Å². The van der Waals surface area contributed by atoms with Gasteiger partial charge < -0.3 is 19.1 Å². The Morgan fingerprint density at radius 1 is 0.957 bits per heavy atom. The molecule has 0 atom stereocenters. The Bertz CT molecular complexity index is 511. The van der Waals surface area contributed by atoms with E-state index in [1.165, 1.54) is 25.7 Å². The van der Waals surface area contributed by atoms with Crippen LogP contribution < -0.4 is 14.2 Å². The number of methoxy groups -OCH3 is 3. The third kappa shape index (κ3) is 3.89. The van der Waals surface area contributed by atoms with Crippen LogP contribution in [-0.2, 0) is 0 Å². The standard InChI is InChI=1S/C18H27NO4/c1-19(14-9-7-5-6-8-10-14)18(20)13-11-15(21-2)17(23-4)16(12-13)22-3/h11-12,14H,5-10H2,1-4H3. The van der Waals surface area contributed by atoms with Crippen LogP contribution in [0.4, 0.5) is 0 Å². The van der Waals surface area contributed by atoms with Gasteiger partial charge >= 0.3 is 0 Å². The first kappa shape index (κ1) is 17.4. The zero-order valence-electron chi connectivity index (χ0n) is 14.6. The normalized spacial score (nSPS) is 15.7. The average Bonchev–Trinajstić information content (AvgIpc) is 2.88. The van der Waals surface area contributed by atoms with Crippen LogP contribution in [0.1, 0.15) is 48.9 Å². The molecule has 0 radical (unpaired) electrons. The van der Waals surface area contributed by atoms with Gasteiger partial charge in [0.15, 0.2) is 11.5 Å². The Kier molecular flexibility index (Phi) is 6.13. The number of rotatable bonds is 5. The van der Waals surface area contributed by atoms with Crippen LogP contribution in [0.2, 0.25) is 0 Å². The molecule has 0 saturated heterocycles. The summed E-state index contributed by atoms with van der Waals surface area (Å²) in [6, 6.07) is 3.75. The molecule has 1 aliphatic carbocycles. The molecule has 1 fully saturated rings. The second kappa shape index (κ2) is 8.09. The second-order valence-electron chi connectivity index (χ2n) is 5.98. The van der Waals surface area contributed by atoms with E-state index >= 15 is 0 Å². The van der Waals surface area contributed by atoms with E-state index in [1.54, 1.807) is 33.5 Å². The fourth-order valence-electron chi connectivity index (χ4n) is 3.22. The summed E-state index contributed by atoms with van der Waals surface area (Å²) >= 11 is 0. The summed E-state index contributed by atoms with van der Waals surface area (Å²) in [5, 5.41) is 0. The molecule has 0 N–H and O–H groups in total. The van der Waals surface area contributed by atoms with Crippen molar-refractivity contribution >= 4 is 5.91 Å². The van der Waals surface area contributed by atoms with Gasteiger partial charge in [-0.15, -0.1) is 0 Å². The lowest BCUT2D eigenvalue weighted by atomic mass is 10.1. The zero-order chi connectivity index (χ0) is 16.8. The van der Waals surface area contributed by atoms with E-state index < -0.39 is 0 Å². The van der Waals surface area contributed by atoms with Gasteiger partial charge in [-0.05, 0) is 25.0 Å². The lowest BCUT2D eigenvalue weighted by Crippen LogP contribution is -2.36. The molecule has 5 nitrogen and oxygen atoms in total. The Hall–Kier alpha value is -1.91. The Morgan fingerprint density at radius 3 is 1.91 bits per heavy atom. The number of amides is 1. The first-order chi connectivity index (χ1) is 11.1. The summed E-state index contributed by atoms with van der Waals surface area (Å²) in [6.45, 7) is 0. The van der Waals surface area contributed by atoms with E-state index in [2.05, 4.69) is 0 Å². The van der Waals surface area contributed by atoms with E-state index in [0.29, 0.717) is 28.9 Å². The van der Waals surface area contributed by atoms with Gasteiger partial charge in [-0.3, -0.25) is 4.79 Å². The molecular formula is C18H27NO4. The first-order valence-corrected chi connectivity index (χ1v) is 8.19. The summed E-state index contributed by atoms with van der Waals surface area (Å²) in [4.78, 5) is 14.7. The maximum Gasteiger partial charge on any atom is 0.254 e. The van der Waals surface area contributed by atoms with Gasteiger partial charge in [0.05, 0.1) is 21.3 Å². The molecule has 1 aromatic rings. The molecule has 1 amide bonds. The predicted molar refractivity (Wildman–Crippen MR) is 89.7 cm³/mol. The molecule has 0 heterocycles. The van der Waals surface area contributed by atoms with Crippen molar-refractivity contribution in [1.82, 2.24) is 4.90 Å². The molecular weight excluding hydrogens is 294 g/mol. The van der Waals surface area contributed by atoms with Gasteiger partial charge in [0.25, 0.3) is 5.91 Å². The molecule has 128 valence electrons. The van der Waals surface area contributed by atoms with Gasteiger partial charge in [0.1, 0.15) is 0 Å².